The lowest BCUT2D eigenvalue weighted by atomic mass is 9.94. The summed E-state index contributed by atoms with van der Waals surface area (Å²) in [5.41, 5.74) is -0.150. The highest BCUT2D eigenvalue weighted by Crippen LogP contribution is 2.26. The van der Waals surface area contributed by atoms with Crippen LogP contribution < -0.4 is 10.1 Å². The summed E-state index contributed by atoms with van der Waals surface area (Å²) in [4.78, 5) is 50.7. The maximum atomic E-state index is 14.2. The van der Waals surface area contributed by atoms with Gasteiger partial charge < -0.3 is 29.2 Å². The lowest BCUT2D eigenvalue weighted by Gasteiger charge is -2.36. The molecule has 2 atom stereocenters. The fraction of sp³-hybridized carbons (Fsp3) is 0.613. The highest BCUT2D eigenvalue weighted by Gasteiger charge is 2.40. The average Bonchev–Trinajstić information content (AvgIpc) is 3.61. The molecule has 0 bridgehead atoms. The van der Waals surface area contributed by atoms with Crippen LogP contribution in [-0.4, -0.2) is 89.3 Å². The van der Waals surface area contributed by atoms with Crippen molar-refractivity contribution in [2.45, 2.75) is 78.0 Å². The Balaban J connectivity index is 1.48. The van der Waals surface area contributed by atoms with E-state index in [0.29, 0.717) is 44.1 Å². The van der Waals surface area contributed by atoms with Gasteiger partial charge in [0.25, 0.3) is 5.91 Å². The number of likely N-dealkylation sites (N-methyl/N-ethyl adjacent to an activating group) is 1. The molecular formula is C31H44FN5O5. The van der Waals surface area contributed by atoms with Crippen molar-refractivity contribution in [1.82, 2.24) is 25.0 Å². The van der Waals surface area contributed by atoms with Gasteiger partial charge in [-0.3, -0.25) is 14.4 Å². The molecule has 2 fully saturated rings. The first-order chi connectivity index (χ1) is 19.8. The first kappa shape index (κ1) is 31.5. The van der Waals surface area contributed by atoms with Gasteiger partial charge in [0, 0.05) is 44.2 Å². The van der Waals surface area contributed by atoms with Crippen molar-refractivity contribution in [3.05, 3.63) is 47.4 Å². The molecule has 2 saturated heterocycles. The topological polar surface area (TPSA) is 108 Å². The molecule has 0 spiro atoms. The zero-order valence-electron chi connectivity index (χ0n) is 25.6. The zero-order chi connectivity index (χ0) is 30.6. The van der Waals surface area contributed by atoms with Crippen LogP contribution in [0.5, 0.6) is 5.75 Å². The molecule has 2 aliphatic rings. The third kappa shape index (κ3) is 7.67. The Morgan fingerprint density at radius 1 is 1.14 bits per heavy atom. The maximum Gasteiger partial charge on any atom is 0.255 e. The Hall–Kier alpha value is -3.47. The normalized spacial score (nSPS) is 18.8. The van der Waals surface area contributed by atoms with E-state index in [1.807, 2.05) is 46.6 Å². The van der Waals surface area contributed by atoms with Gasteiger partial charge in [0.15, 0.2) is 6.61 Å². The van der Waals surface area contributed by atoms with Crippen LogP contribution in [0.4, 0.5) is 4.39 Å². The van der Waals surface area contributed by atoms with Gasteiger partial charge in [-0.1, -0.05) is 34.6 Å². The molecule has 1 aromatic carbocycles. The third-order valence-electron chi connectivity index (χ3n) is 7.78. The Morgan fingerprint density at radius 3 is 2.50 bits per heavy atom. The summed E-state index contributed by atoms with van der Waals surface area (Å²) < 4.78 is 25.8. The predicted octanol–water partition coefficient (Wildman–Crippen LogP) is 3.60. The van der Waals surface area contributed by atoms with Crippen LogP contribution >= 0.6 is 0 Å². The number of nitrogens with zero attached hydrogens (tertiary/aromatic N) is 4. The van der Waals surface area contributed by atoms with Crippen LogP contribution in [0, 0.1) is 11.7 Å². The molecule has 10 nitrogen and oxygen atoms in total. The van der Waals surface area contributed by atoms with E-state index in [-0.39, 0.29) is 41.1 Å². The van der Waals surface area contributed by atoms with E-state index in [9.17, 15) is 18.8 Å². The quantitative estimate of drug-likeness (QED) is 0.479. The highest BCUT2D eigenvalue weighted by molar-refractivity contribution is 6.00. The molecular weight excluding hydrogens is 541 g/mol. The van der Waals surface area contributed by atoms with Crippen molar-refractivity contribution in [3.8, 4) is 5.75 Å². The van der Waals surface area contributed by atoms with E-state index in [4.69, 9.17) is 9.15 Å². The minimum Gasteiger partial charge on any atom is -0.483 e. The van der Waals surface area contributed by atoms with Crippen LogP contribution in [0.15, 0.2) is 28.8 Å². The largest absolute Gasteiger partial charge is 0.483 e. The number of amides is 3. The van der Waals surface area contributed by atoms with Crippen LogP contribution in [0.25, 0.3) is 0 Å². The number of aromatic nitrogens is 1. The number of oxazole rings is 1. The van der Waals surface area contributed by atoms with Gasteiger partial charge in [0.2, 0.25) is 17.7 Å². The molecule has 0 saturated carbocycles. The third-order valence-corrected chi connectivity index (χ3v) is 7.78. The molecule has 42 heavy (non-hydrogen) atoms. The van der Waals surface area contributed by atoms with Crippen LogP contribution in [0.3, 0.4) is 0 Å². The van der Waals surface area contributed by atoms with Gasteiger partial charge in [-0.15, -0.1) is 0 Å². The molecule has 0 unspecified atom stereocenters. The molecule has 0 aliphatic carbocycles. The second-order valence-corrected chi connectivity index (χ2v) is 12.8. The van der Waals surface area contributed by atoms with E-state index in [0.717, 1.165) is 25.6 Å². The molecule has 1 N–H and O–H groups in total. The van der Waals surface area contributed by atoms with Crippen molar-refractivity contribution in [3.63, 3.8) is 0 Å². The number of likely N-dealkylation sites (tertiary alicyclic amines) is 1. The Labute approximate surface area is 247 Å². The molecule has 3 amide bonds. The number of nitrogens with one attached hydrogen (secondary N) is 1. The van der Waals surface area contributed by atoms with Crippen molar-refractivity contribution in [1.29, 1.82) is 0 Å². The molecule has 2 aliphatic heterocycles. The molecule has 0 radical (unpaired) electrons. The van der Waals surface area contributed by atoms with E-state index in [2.05, 4.69) is 15.2 Å². The number of carbonyl (C=O) groups excluding carboxylic acids is 3. The number of benzene rings is 1. The van der Waals surface area contributed by atoms with Gasteiger partial charge in [0.05, 0.1) is 11.8 Å². The van der Waals surface area contributed by atoms with Crippen molar-refractivity contribution in [2.24, 2.45) is 5.92 Å². The SMILES string of the molecule is CC(C)C[C@@H](NC(=O)c1ccc(F)cc1OCc1ncc(C(C)(C)C)o1)C(=O)N1CCC[C@@H]1C(=O)N1CCN(C)CC1. The lowest BCUT2D eigenvalue weighted by Crippen LogP contribution is -2.56. The molecule has 4 rings (SSSR count). The summed E-state index contributed by atoms with van der Waals surface area (Å²) in [5.74, 6) is -0.342. The van der Waals surface area contributed by atoms with Crippen LogP contribution in [-0.2, 0) is 21.6 Å². The summed E-state index contributed by atoms with van der Waals surface area (Å²) in [6.07, 6.45) is 3.35. The Morgan fingerprint density at radius 2 is 1.86 bits per heavy atom. The number of ether oxygens (including phenoxy) is 1. The monoisotopic (exact) mass is 585 g/mol. The summed E-state index contributed by atoms with van der Waals surface area (Å²) >= 11 is 0. The second-order valence-electron chi connectivity index (χ2n) is 12.8. The predicted molar refractivity (Wildman–Crippen MR) is 155 cm³/mol. The number of rotatable bonds is 9. The molecule has 3 heterocycles. The minimum atomic E-state index is -0.850. The number of piperazine rings is 1. The van der Waals surface area contributed by atoms with E-state index < -0.39 is 23.8 Å². The van der Waals surface area contributed by atoms with Crippen molar-refractivity contribution < 1.29 is 27.9 Å². The van der Waals surface area contributed by atoms with Crippen LogP contribution in [0.2, 0.25) is 0 Å². The minimum absolute atomic E-state index is 0.0167. The number of hydrogen-bond donors (Lipinski definition) is 1. The van der Waals surface area contributed by atoms with Crippen molar-refractivity contribution in [2.75, 3.05) is 39.8 Å². The molecule has 230 valence electrons. The van der Waals surface area contributed by atoms with Gasteiger partial charge in [-0.05, 0) is 44.4 Å². The summed E-state index contributed by atoms with van der Waals surface area (Å²) in [6.45, 7) is 13.2. The standard InChI is InChI=1S/C31H44FN5O5/c1-20(2)16-23(29(39)37-11-7-8-24(37)30(40)36-14-12-35(6)13-15-36)34-28(38)22-10-9-21(32)17-25(22)41-19-27-33-18-26(42-27)31(3,4)5/h9-10,17-18,20,23-24H,7-8,11-16,19H2,1-6H3,(H,34,38)/t23-,24-/m1/s1. The first-order valence-electron chi connectivity index (χ1n) is 14.8. The first-order valence-corrected chi connectivity index (χ1v) is 14.8. The maximum absolute atomic E-state index is 14.2. The molecule has 11 heteroatoms. The van der Waals surface area contributed by atoms with Crippen LogP contribution in [0.1, 0.15) is 75.9 Å². The van der Waals surface area contributed by atoms with Crippen molar-refractivity contribution >= 4 is 17.7 Å². The second kappa shape index (κ2) is 13.2. The fourth-order valence-electron chi connectivity index (χ4n) is 5.32. The summed E-state index contributed by atoms with van der Waals surface area (Å²) in [6, 6.07) is 2.26. The van der Waals surface area contributed by atoms with E-state index in [1.165, 1.54) is 12.1 Å². The summed E-state index contributed by atoms with van der Waals surface area (Å²) in [7, 11) is 2.03. The van der Waals surface area contributed by atoms with Gasteiger partial charge in [-0.2, -0.15) is 0 Å². The van der Waals surface area contributed by atoms with E-state index >= 15 is 0 Å². The Bertz CT molecular complexity index is 1260. The Kier molecular flexibility index (Phi) is 9.91. The number of carbonyl (C=O) groups is 3. The van der Waals surface area contributed by atoms with Gasteiger partial charge in [-0.25, -0.2) is 9.37 Å². The summed E-state index contributed by atoms with van der Waals surface area (Å²) in [5, 5.41) is 2.86. The lowest BCUT2D eigenvalue weighted by molar-refractivity contribution is -0.145. The molecule has 1 aromatic heterocycles. The van der Waals surface area contributed by atoms with E-state index in [1.54, 1.807) is 11.1 Å². The average molecular weight is 586 g/mol. The number of halogens is 1. The zero-order valence-corrected chi connectivity index (χ0v) is 25.6. The fourth-order valence-corrected chi connectivity index (χ4v) is 5.32. The number of hydrogen-bond acceptors (Lipinski definition) is 7. The van der Waals surface area contributed by atoms with Gasteiger partial charge >= 0.3 is 0 Å². The molecule has 2 aromatic rings. The van der Waals surface area contributed by atoms with Gasteiger partial charge in [0.1, 0.15) is 29.4 Å². The smallest absolute Gasteiger partial charge is 0.255 e. The highest BCUT2D eigenvalue weighted by atomic mass is 19.1.